The van der Waals surface area contributed by atoms with E-state index in [1.807, 2.05) is 4.90 Å². The molecule has 0 amide bonds. The largest absolute Gasteiger partial charge is 0.478 e. The summed E-state index contributed by atoms with van der Waals surface area (Å²) in [5.41, 5.74) is 3.80. The second-order valence-electron chi connectivity index (χ2n) is 7.16. The lowest BCUT2D eigenvalue weighted by Gasteiger charge is -2.26. The summed E-state index contributed by atoms with van der Waals surface area (Å²) in [5.74, 6) is -2.99. The summed E-state index contributed by atoms with van der Waals surface area (Å²) in [6.07, 6.45) is 0. The number of carboxylic acids is 3. The number of aromatic carboxylic acids is 3. The van der Waals surface area contributed by atoms with E-state index in [4.69, 9.17) is 10.2 Å². The van der Waals surface area contributed by atoms with E-state index >= 15 is 0 Å². The molecule has 31 heavy (non-hydrogen) atoms. The van der Waals surface area contributed by atoms with Gasteiger partial charge in [-0.3, -0.25) is 0 Å². The number of benzene rings is 3. The Hall–Kier alpha value is -4.13. The van der Waals surface area contributed by atoms with Crippen LogP contribution in [0.25, 0.3) is 0 Å². The molecule has 0 aliphatic carbocycles. The SMILES string of the molecule is Cc1cc(N(Cc2ccc(C(=O)O)cc2)Cc2ccc(C(=O)O)cc2)ccc1C(=O)O. The highest BCUT2D eigenvalue weighted by molar-refractivity contribution is 5.90. The highest BCUT2D eigenvalue weighted by Gasteiger charge is 2.14. The lowest BCUT2D eigenvalue weighted by Crippen LogP contribution is -2.22. The van der Waals surface area contributed by atoms with Gasteiger partial charge in [-0.1, -0.05) is 24.3 Å². The molecule has 0 aromatic heterocycles. The Morgan fingerprint density at radius 1 is 0.677 bits per heavy atom. The molecule has 7 nitrogen and oxygen atoms in total. The van der Waals surface area contributed by atoms with Crippen LogP contribution < -0.4 is 4.90 Å². The van der Waals surface area contributed by atoms with Crippen LogP contribution in [0.3, 0.4) is 0 Å². The van der Waals surface area contributed by atoms with Crippen LogP contribution in [0.15, 0.2) is 66.7 Å². The van der Waals surface area contributed by atoms with Crippen LogP contribution >= 0.6 is 0 Å². The predicted molar refractivity (Wildman–Crippen MR) is 115 cm³/mol. The molecule has 3 N–H and O–H groups in total. The summed E-state index contributed by atoms with van der Waals surface area (Å²) >= 11 is 0. The highest BCUT2D eigenvalue weighted by Crippen LogP contribution is 2.24. The first-order chi connectivity index (χ1) is 14.7. The third-order valence-corrected chi connectivity index (χ3v) is 4.95. The van der Waals surface area contributed by atoms with Gasteiger partial charge in [0.2, 0.25) is 0 Å². The van der Waals surface area contributed by atoms with Gasteiger partial charge in [0.1, 0.15) is 0 Å². The topological polar surface area (TPSA) is 115 Å². The Balaban J connectivity index is 1.92. The first-order valence-corrected chi connectivity index (χ1v) is 9.48. The van der Waals surface area contributed by atoms with Crippen molar-refractivity contribution in [2.75, 3.05) is 4.90 Å². The first kappa shape index (κ1) is 21.6. The van der Waals surface area contributed by atoms with E-state index in [0.29, 0.717) is 18.7 Å². The van der Waals surface area contributed by atoms with Crippen molar-refractivity contribution in [3.8, 4) is 0 Å². The fourth-order valence-corrected chi connectivity index (χ4v) is 3.27. The summed E-state index contributed by atoms with van der Waals surface area (Å²) in [6, 6.07) is 18.2. The maximum Gasteiger partial charge on any atom is 0.335 e. The summed E-state index contributed by atoms with van der Waals surface area (Å²) < 4.78 is 0. The minimum atomic E-state index is -0.998. The second-order valence-corrected chi connectivity index (χ2v) is 7.16. The van der Waals surface area contributed by atoms with E-state index in [-0.39, 0.29) is 16.7 Å². The van der Waals surface area contributed by atoms with Crippen LogP contribution in [-0.2, 0) is 13.1 Å². The Morgan fingerprint density at radius 3 is 1.48 bits per heavy atom. The number of carbonyl (C=O) groups is 3. The third kappa shape index (κ3) is 5.27. The summed E-state index contributed by atoms with van der Waals surface area (Å²) in [5, 5.41) is 27.5. The maximum atomic E-state index is 11.3. The smallest absolute Gasteiger partial charge is 0.335 e. The minimum Gasteiger partial charge on any atom is -0.478 e. The normalized spacial score (nSPS) is 10.5. The zero-order valence-corrected chi connectivity index (χ0v) is 16.8. The number of carboxylic acid groups (broad SMARTS) is 3. The zero-order valence-electron chi connectivity index (χ0n) is 16.8. The number of hydrogen-bond acceptors (Lipinski definition) is 4. The molecule has 3 aromatic rings. The van der Waals surface area contributed by atoms with Crippen molar-refractivity contribution < 1.29 is 29.7 Å². The predicted octanol–water partition coefficient (Wildman–Crippen LogP) is 4.30. The van der Waals surface area contributed by atoms with Gasteiger partial charge in [-0.2, -0.15) is 0 Å². The maximum absolute atomic E-state index is 11.3. The van der Waals surface area contributed by atoms with Gasteiger partial charge < -0.3 is 20.2 Å². The van der Waals surface area contributed by atoms with E-state index in [1.165, 1.54) is 24.3 Å². The molecule has 0 fully saturated rings. The van der Waals surface area contributed by atoms with Gasteiger partial charge in [0, 0.05) is 18.8 Å². The van der Waals surface area contributed by atoms with E-state index in [9.17, 15) is 19.5 Å². The standard InChI is InChI=1S/C24H21NO6/c1-15-12-20(10-11-21(15)24(30)31)25(13-16-2-6-18(7-3-16)22(26)27)14-17-4-8-19(9-5-17)23(28)29/h2-12H,13-14H2,1H3,(H,26,27)(H,28,29)(H,30,31). The van der Waals surface area contributed by atoms with Crippen molar-refractivity contribution in [2.24, 2.45) is 0 Å². The van der Waals surface area contributed by atoms with Crippen LogP contribution in [0.4, 0.5) is 5.69 Å². The molecule has 158 valence electrons. The second kappa shape index (κ2) is 9.13. The minimum absolute atomic E-state index is 0.196. The summed E-state index contributed by atoms with van der Waals surface area (Å²) in [7, 11) is 0. The highest BCUT2D eigenvalue weighted by atomic mass is 16.4. The van der Waals surface area contributed by atoms with Crippen molar-refractivity contribution in [1.82, 2.24) is 0 Å². The summed E-state index contributed by atoms with van der Waals surface area (Å²) in [6.45, 7) is 2.63. The van der Waals surface area contributed by atoms with E-state index < -0.39 is 17.9 Å². The Bertz CT molecular complexity index is 1060. The van der Waals surface area contributed by atoms with Crippen LogP contribution in [0.2, 0.25) is 0 Å². The molecule has 0 radical (unpaired) electrons. The number of rotatable bonds is 8. The molecule has 0 atom stereocenters. The van der Waals surface area contributed by atoms with E-state index in [0.717, 1.165) is 16.8 Å². The fourth-order valence-electron chi connectivity index (χ4n) is 3.27. The quantitative estimate of drug-likeness (QED) is 0.499. The molecule has 0 heterocycles. The van der Waals surface area contributed by atoms with Crippen molar-refractivity contribution in [3.05, 3.63) is 100 Å². The molecule has 3 rings (SSSR count). The number of hydrogen-bond donors (Lipinski definition) is 3. The van der Waals surface area contributed by atoms with Crippen LogP contribution in [0, 0.1) is 6.92 Å². The average Bonchev–Trinajstić information content (AvgIpc) is 2.73. The van der Waals surface area contributed by atoms with Crippen molar-refractivity contribution >= 4 is 23.6 Å². The van der Waals surface area contributed by atoms with Crippen LogP contribution in [0.5, 0.6) is 0 Å². The molecular formula is C24H21NO6. The number of nitrogens with zero attached hydrogens (tertiary/aromatic N) is 1. The van der Waals surface area contributed by atoms with Gasteiger partial charge >= 0.3 is 17.9 Å². The average molecular weight is 419 g/mol. The number of anilines is 1. The Morgan fingerprint density at radius 2 is 1.13 bits per heavy atom. The molecular weight excluding hydrogens is 398 g/mol. The fraction of sp³-hybridized carbons (Fsp3) is 0.125. The van der Waals surface area contributed by atoms with Gasteiger partial charge in [-0.05, 0) is 66.1 Å². The van der Waals surface area contributed by atoms with Crippen molar-refractivity contribution in [3.63, 3.8) is 0 Å². The number of aryl methyl sites for hydroxylation is 1. The van der Waals surface area contributed by atoms with Gasteiger partial charge in [-0.15, -0.1) is 0 Å². The van der Waals surface area contributed by atoms with E-state index in [2.05, 4.69) is 0 Å². The Kier molecular flexibility index (Phi) is 6.35. The van der Waals surface area contributed by atoms with Crippen LogP contribution in [0.1, 0.15) is 47.8 Å². The van der Waals surface area contributed by atoms with Crippen LogP contribution in [-0.4, -0.2) is 33.2 Å². The molecule has 0 unspecified atom stereocenters. The van der Waals surface area contributed by atoms with Gasteiger partial charge in [0.15, 0.2) is 0 Å². The molecule has 0 aliphatic heterocycles. The van der Waals surface area contributed by atoms with E-state index in [1.54, 1.807) is 49.4 Å². The Labute approximate surface area is 178 Å². The van der Waals surface area contributed by atoms with Crippen molar-refractivity contribution in [1.29, 1.82) is 0 Å². The third-order valence-electron chi connectivity index (χ3n) is 4.95. The molecule has 0 aliphatic rings. The molecule has 0 saturated carbocycles. The molecule has 3 aromatic carbocycles. The van der Waals surface area contributed by atoms with Gasteiger partial charge in [0.05, 0.1) is 16.7 Å². The van der Waals surface area contributed by atoms with Gasteiger partial charge in [0.25, 0.3) is 0 Å². The molecule has 7 heteroatoms. The summed E-state index contributed by atoms with van der Waals surface area (Å²) in [4.78, 5) is 35.6. The van der Waals surface area contributed by atoms with Crippen molar-refractivity contribution in [2.45, 2.75) is 20.0 Å². The van der Waals surface area contributed by atoms with Gasteiger partial charge in [-0.25, -0.2) is 14.4 Å². The zero-order chi connectivity index (χ0) is 22.5. The first-order valence-electron chi connectivity index (χ1n) is 9.48. The monoisotopic (exact) mass is 419 g/mol. The molecule has 0 spiro atoms. The lowest BCUT2D eigenvalue weighted by molar-refractivity contribution is 0.0685. The molecule has 0 saturated heterocycles. The lowest BCUT2D eigenvalue weighted by atomic mass is 10.1. The molecule has 0 bridgehead atoms.